The molecule has 0 spiro atoms. The van der Waals surface area contributed by atoms with Gasteiger partial charge in [0.15, 0.2) is 0 Å². The van der Waals surface area contributed by atoms with Gasteiger partial charge in [0.25, 0.3) is 5.91 Å². The number of rotatable bonds is 4. The summed E-state index contributed by atoms with van der Waals surface area (Å²) in [7, 11) is 1.35. The van der Waals surface area contributed by atoms with E-state index >= 15 is 0 Å². The van der Waals surface area contributed by atoms with E-state index in [1.54, 1.807) is 23.1 Å². The number of carbonyl (C=O) groups is 2. The lowest BCUT2D eigenvalue weighted by Crippen LogP contribution is -2.32. The van der Waals surface area contributed by atoms with Crippen molar-refractivity contribution in [2.45, 2.75) is 16.2 Å². The van der Waals surface area contributed by atoms with Gasteiger partial charge in [-0.15, -0.1) is 12.4 Å². The predicted octanol–water partition coefficient (Wildman–Crippen LogP) is 3.36. The lowest BCUT2D eigenvalue weighted by atomic mass is 10.1. The Morgan fingerprint density at radius 2 is 1.96 bits per heavy atom. The van der Waals surface area contributed by atoms with Crippen LogP contribution in [0.3, 0.4) is 0 Å². The molecule has 132 valence electrons. The third-order valence-electron chi connectivity index (χ3n) is 3.84. The lowest BCUT2D eigenvalue weighted by Gasteiger charge is -2.23. The van der Waals surface area contributed by atoms with Crippen LogP contribution in [0.4, 0.5) is 5.69 Å². The van der Waals surface area contributed by atoms with E-state index < -0.39 is 5.97 Å². The minimum Gasteiger partial charge on any atom is -0.465 e. The van der Waals surface area contributed by atoms with Gasteiger partial charge < -0.3 is 15.4 Å². The number of nitrogens with zero attached hydrogens (tertiary/aromatic N) is 1. The number of carbonyl (C=O) groups excluding carboxylic acids is 2. The third-order valence-corrected chi connectivity index (χ3v) is 4.96. The average Bonchev–Trinajstić information content (AvgIpc) is 2.73. The summed E-state index contributed by atoms with van der Waals surface area (Å²) >= 11 is 1.48. The fourth-order valence-electron chi connectivity index (χ4n) is 2.64. The maximum atomic E-state index is 13.0. The molecule has 3 rings (SSSR count). The van der Waals surface area contributed by atoms with Gasteiger partial charge in [0, 0.05) is 16.3 Å². The molecule has 1 amide bonds. The van der Waals surface area contributed by atoms with Crippen LogP contribution in [0.25, 0.3) is 0 Å². The van der Waals surface area contributed by atoms with E-state index in [-0.39, 0.29) is 18.3 Å². The molecule has 5 nitrogen and oxygen atoms in total. The predicted molar refractivity (Wildman–Crippen MR) is 101 cm³/mol. The van der Waals surface area contributed by atoms with Crippen LogP contribution in [0.15, 0.2) is 52.3 Å². The highest BCUT2D eigenvalue weighted by atomic mass is 35.5. The molecule has 7 heteroatoms. The number of ether oxygens (including phenoxy) is 1. The van der Waals surface area contributed by atoms with E-state index in [0.717, 1.165) is 15.5 Å². The van der Waals surface area contributed by atoms with Gasteiger partial charge in [-0.2, -0.15) is 0 Å². The molecule has 0 atom stereocenters. The Hall–Kier alpha value is -2.02. The summed E-state index contributed by atoms with van der Waals surface area (Å²) in [4.78, 5) is 28.2. The maximum absolute atomic E-state index is 13.0. The van der Waals surface area contributed by atoms with Crippen LogP contribution >= 0.6 is 24.2 Å². The number of hydrogen-bond donors (Lipinski definition) is 1. The molecule has 0 aliphatic carbocycles. The minimum atomic E-state index is -0.393. The Balaban J connectivity index is 0.00000225. The molecule has 0 aromatic heterocycles. The zero-order chi connectivity index (χ0) is 17.1. The first-order valence-electron chi connectivity index (χ1n) is 7.67. The van der Waals surface area contributed by atoms with E-state index in [1.807, 2.05) is 24.3 Å². The number of esters is 1. The van der Waals surface area contributed by atoms with E-state index in [1.165, 1.54) is 18.9 Å². The molecule has 0 bridgehead atoms. The first-order chi connectivity index (χ1) is 11.7. The molecular formula is C18H19ClN2O3S. The molecule has 25 heavy (non-hydrogen) atoms. The Kier molecular flexibility index (Phi) is 6.47. The van der Waals surface area contributed by atoms with Crippen LogP contribution < -0.4 is 10.6 Å². The molecule has 0 unspecified atom stereocenters. The van der Waals surface area contributed by atoms with Crippen molar-refractivity contribution in [1.29, 1.82) is 0 Å². The van der Waals surface area contributed by atoms with Gasteiger partial charge >= 0.3 is 5.97 Å². The molecule has 0 fully saturated rings. The fraction of sp³-hybridized carbons (Fsp3) is 0.222. The minimum absolute atomic E-state index is 0. The quantitative estimate of drug-likeness (QED) is 0.826. The van der Waals surface area contributed by atoms with Gasteiger partial charge in [-0.25, -0.2) is 4.79 Å². The summed E-state index contributed by atoms with van der Waals surface area (Å²) in [5, 5.41) is 0. The van der Waals surface area contributed by atoms with Crippen LogP contribution in [-0.4, -0.2) is 32.1 Å². The van der Waals surface area contributed by atoms with Crippen molar-refractivity contribution in [3.05, 3.63) is 53.6 Å². The Morgan fingerprint density at radius 1 is 1.20 bits per heavy atom. The van der Waals surface area contributed by atoms with Gasteiger partial charge in [-0.1, -0.05) is 23.9 Å². The zero-order valence-corrected chi connectivity index (χ0v) is 15.4. The maximum Gasteiger partial charge on any atom is 0.337 e. The van der Waals surface area contributed by atoms with Crippen molar-refractivity contribution < 1.29 is 14.3 Å². The van der Waals surface area contributed by atoms with Crippen molar-refractivity contribution in [3.8, 4) is 0 Å². The van der Waals surface area contributed by atoms with Crippen molar-refractivity contribution >= 4 is 41.7 Å². The lowest BCUT2D eigenvalue weighted by molar-refractivity contribution is 0.0600. The largest absolute Gasteiger partial charge is 0.465 e. The number of fused-ring (bicyclic) bond motifs is 2. The van der Waals surface area contributed by atoms with Crippen LogP contribution in [0.1, 0.15) is 27.1 Å². The van der Waals surface area contributed by atoms with E-state index in [0.29, 0.717) is 30.6 Å². The summed E-state index contributed by atoms with van der Waals surface area (Å²) in [5.41, 5.74) is 7.55. The highest BCUT2D eigenvalue weighted by molar-refractivity contribution is 7.99. The van der Waals surface area contributed by atoms with Crippen molar-refractivity contribution in [3.63, 3.8) is 0 Å². The summed E-state index contributed by atoms with van der Waals surface area (Å²) in [6.07, 6.45) is 0.705. The summed E-state index contributed by atoms with van der Waals surface area (Å²) < 4.78 is 4.80. The molecule has 2 aromatic rings. The number of nitrogens with two attached hydrogens (primary N) is 1. The number of methoxy groups -OCH3 is 1. The van der Waals surface area contributed by atoms with E-state index in [2.05, 4.69) is 0 Å². The Morgan fingerprint density at radius 3 is 2.68 bits per heavy atom. The number of benzene rings is 2. The van der Waals surface area contributed by atoms with Crippen molar-refractivity contribution in [2.24, 2.45) is 5.73 Å². The fourth-order valence-corrected chi connectivity index (χ4v) is 3.76. The van der Waals surface area contributed by atoms with Gasteiger partial charge in [0.1, 0.15) is 0 Å². The molecule has 1 heterocycles. The van der Waals surface area contributed by atoms with Gasteiger partial charge in [-0.05, 0) is 43.3 Å². The standard InChI is InChI=1S/C18H18N2O3S.ClH/c1-23-18(22)12-7-8-14-16(11-12)24-15-6-3-2-5-13(15)17(21)20(14)10-4-9-19;/h2-3,5-8,11H,4,9-10,19H2,1H3;1H. The molecule has 1 aliphatic rings. The first-order valence-corrected chi connectivity index (χ1v) is 8.48. The second kappa shape index (κ2) is 8.38. The summed E-state index contributed by atoms with van der Waals surface area (Å²) in [6, 6.07) is 12.8. The second-order valence-electron chi connectivity index (χ2n) is 5.37. The third kappa shape index (κ3) is 3.81. The highest BCUT2D eigenvalue weighted by Crippen LogP contribution is 2.41. The van der Waals surface area contributed by atoms with Gasteiger partial charge in [-0.3, -0.25) is 4.79 Å². The zero-order valence-electron chi connectivity index (χ0n) is 13.7. The molecule has 0 saturated heterocycles. The normalized spacial score (nSPS) is 12.6. The van der Waals surface area contributed by atoms with Crippen molar-refractivity contribution in [2.75, 3.05) is 25.1 Å². The Bertz CT molecular complexity index is 798. The Labute approximate surface area is 156 Å². The molecule has 1 aliphatic heterocycles. The molecule has 2 aromatic carbocycles. The number of hydrogen-bond acceptors (Lipinski definition) is 5. The SMILES string of the molecule is COC(=O)c1ccc2c(c1)Sc1ccccc1C(=O)N2CCCN.Cl. The molecular weight excluding hydrogens is 360 g/mol. The molecule has 0 saturated carbocycles. The number of anilines is 1. The van der Waals surface area contributed by atoms with Crippen LogP contribution in [-0.2, 0) is 4.74 Å². The summed E-state index contributed by atoms with van der Waals surface area (Å²) in [5.74, 6) is -0.438. The van der Waals surface area contributed by atoms with E-state index in [4.69, 9.17) is 10.5 Å². The smallest absolute Gasteiger partial charge is 0.337 e. The van der Waals surface area contributed by atoms with Crippen LogP contribution in [0, 0.1) is 0 Å². The number of halogens is 1. The summed E-state index contributed by atoms with van der Waals surface area (Å²) in [6.45, 7) is 1.04. The topological polar surface area (TPSA) is 72.6 Å². The molecule has 0 radical (unpaired) electrons. The van der Waals surface area contributed by atoms with Crippen molar-refractivity contribution in [1.82, 2.24) is 0 Å². The van der Waals surface area contributed by atoms with Gasteiger partial charge in [0.2, 0.25) is 0 Å². The second-order valence-corrected chi connectivity index (χ2v) is 6.46. The number of amides is 1. The first kappa shape index (κ1) is 19.3. The van der Waals surface area contributed by atoms with Crippen LogP contribution in [0.5, 0.6) is 0 Å². The monoisotopic (exact) mass is 378 g/mol. The van der Waals surface area contributed by atoms with Gasteiger partial charge in [0.05, 0.1) is 23.9 Å². The molecule has 2 N–H and O–H groups in total. The average molecular weight is 379 g/mol. The van der Waals surface area contributed by atoms with E-state index in [9.17, 15) is 9.59 Å². The van der Waals surface area contributed by atoms with Crippen LogP contribution in [0.2, 0.25) is 0 Å². The highest BCUT2D eigenvalue weighted by Gasteiger charge is 2.27.